The van der Waals surface area contributed by atoms with Gasteiger partial charge in [0, 0.05) is 5.75 Å². The Morgan fingerprint density at radius 2 is 2.08 bits per heavy atom. The van der Waals surface area contributed by atoms with Gasteiger partial charge in [0.1, 0.15) is 6.10 Å². The first-order valence-electron chi connectivity index (χ1n) is 3.14. The summed E-state index contributed by atoms with van der Waals surface area (Å²) in [4.78, 5) is 10.6. The van der Waals surface area contributed by atoms with Gasteiger partial charge in [0.25, 0.3) is 0 Å². The SMILES string of the molecule is C=CC(=O)C(O)CCS(=O)(=O)[O-].[Na+]. The molecule has 0 radical (unpaired) electrons. The summed E-state index contributed by atoms with van der Waals surface area (Å²) >= 11 is 0. The third kappa shape index (κ3) is 8.61. The Labute approximate surface area is 98.9 Å². The monoisotopic (exact) mass is 216 g/mol. The van der Waals surface area contributed by atoms with Crippen LogP contribution in [0.4, 0.5) is 0 Å². The maximum Gasteiger partial charge on any atom is 1.00 e. The van der Waals surface area contributed by atoms with E-state index in [0.717, 1.165) is 6.08 Å². The zero-order valence-corrected chi connectivity index (χ0v) is 10.1. The minimum absolute atomic E-state index is 0. The number of aliphatic hydroxyl groups is 1. The molecule has 0 aromatic rings. The summed E-state index contributed by atoms with van der Waals surface area (Å²) in [6.07, 6.45) is -0.940. The van der Waals surface area contributed by atoms with Gasteiger partial charge in [-0.25, -0.2) is 8.42 Å². The van der Waals surface area contributed by atoms with E-state index in [-0.39, 0.29) is 36.0 Å². The van der Waals surface area contributed by atoms with Gasteiger partial charge < -0.3 is 9.66 Å². The molecule has 0 spiro atoms. The van der Waals surface area contributed by atoms with Crippen molar-refractivity contribution in [2.75, 3.05) is 5.75 Å². The average Bonchev–Trinajstić information content (AvgIpc) is 1.97. The van der Waals surface area contributed by atoms with Crippen LogP contribution in [0, 0.1) is 0 Å². The van der Waals surface area contributed by atoms with Crippen molar-refractivity contribution in [1.29, 1.82) is 0 Å². The molecular formula is C6H9NaO5S. The van der Waals surface area contributed by atoms with E-state index in [1.807, 2.05) is 0 Å². The smallest absolute Gasteiger partial charge is 0.748 e. The van der Waals surface area contributed by atoms with Crippen LogP contribution in [-0.2, 0) is 14.9 Å². The molecule has 0 amide bonds. The van der Waals surface area contributed by atoms with Crippen LogP contribution in [-0.4, -0.2) is 35.7 Å². The summed E-state index contributed by atoms with van der Waals surface area (Å²) in [7, 11) is -4.36. The Morgan fingerprint density at radius 3 is 2.38 bits per heavy atom. The zero-order valence-electron chi connectivity index (χ0n) is 7.26. The fraction of sp³-hybridized carbons (Fsp3) is 0.500. The molecule has 0 heterocycles. The van der Waals surface area contributed by atoms with E-state index in [9.17, 15) is 17.8 Å². The normalized spacial score (nSPS) is 12.8. The first-order valence-corrected chi connectivity index (χ1v) is 4.72. The van der Waals surface area contributed by atoms with Crippen LogP contribution in [0.15, 0.2) is 12.7 Å². The van der Waals surface area contributed by atoms with Crippen molar-refractivity contribution in [1.82, 2.24) is 0 Å². The van der Waals surface area contributed by atoms with E-state index in [1.54, 1.807) is 0 Å². The summed E-state index contributed by atoms with van der Waals surface area (Å²) in [5.41, 5.74) is 0. The number of aliphatic hydroxyl groups excluding tert-OH is 1. The molecule has 0 saturated heterocycles. The molecule has 7 heteroatoms. The van der Waals surface area contributed by atoms with Crippen molar-refractivity contribution in [2.24, 2.45) is 0 Å². The van der Waals surface area contributed by atoms with Crippen molar-refractivity contribution in [3.05, 3.63) is 12.7 Å². The standard InChI is InChI=1S/C6H10O5S.Na/c1-2-5(7)6(8)3-4-12(9,10)11;/h2,6,8H,1,3-4H2,(H,9,10,11);/q;+1/p-1. The van der Waals surface area contributed by atoms with E-state index in [4.69, 9.17) is 5.11 Å². The molecule has 5 nitrogen and oxygen atoms in total. The van der Waals surface area contributed by atoms with Gasteiger partial charge in [-0.2, -0.15) is 0 Å². The van der Waals surface area contributed by atoms with E-state index in [1.165, 1.54) is 0 Å². The summed E-state index contributed by atoms with van der Waals surface area (Å²) in [5, 5.41) is 8.86. The fourth-order valence-corrected chi connectivity index (χ4v) is 1.05. The average molecular weight is 216 g/mol. The van der Waals surface area contributed by atoms with Crippen LogP contribution in [0.3, 0.4) is 0 Å². The summed E-state index contributed by atoms with van der Waals surface area (Å²) in [5.74, 6) is -1.42. The summed E-state index contributed by atoms with van der Waals surface area (Å²) < 4.78 is 30.1. The van der Waals surface area contributed by atoms with Crippen molar-refractivity contribution in [3.8, 4) is 0 Å². The van der Waals surface area contributed by atoms with Crippen LogP contribution >= 0.6 is 0 Å². The molecule has 0 aromatic heterocycles. The zero-order chi connectivity index (χ0) is 9.78. The van der Waals surface area contributed by atoms with Crippen molar-refractivity contribution < 1.29 is 52.4 Å². The number of rotatable bonds is 5. The Kier molecular flexibility index (Phi) is 8.10. The second-order valence-corrected chi connectivity index (χ2v) is 3.70. The van der Waals surface area contributed by atoms with Gasteiger partial charge in [-0.3, -0.25) is 4.79 Å². The Bertz CT molecular complexity index is 271. The number of carbonyl (C=O) groups is 1. The Morgan fingerprint density at radius 1 is 1.62 bits per heavy atom. The van der Waals surface area contributed by atoms with Gasteiger partial charge in [-0.15, -0.1) is 0 Å². The molecule has 0 saturated carbocycles. The van der Waals surface area contributed by atoms with Gasteiger partial charge in [0.2, 0.25) is 0 Å². The topological polar surface area (TPSA) is 94.5 Å². The third-order valence-electron chi connectivity index (χ3n) is 1.17. The minimum Gasteiger partial charge on any atom is -0.748 e. The molecule has 0 aliphatic rings. The molecule has 1 atom stereocenters. The molecule has 1 unspecified atom stereocenters. The van der Waals surface area contributed by atoms with Gasteiger partial charge in [0.05, 0.1) is 10.1 Å². The van der Waals surface area contributed by atoms with Crippen LogP contribution in [0.2, 0.25) is 0 Å². The molecule has 0 aliphatic heterocycles. The number of carbonyl (C=O) groups excluding carboxylic acids is 1. The fourth-order valence-electron chi connectivity index (χ4n) is 0.534. The van der Waals surface area contributed by atoms with Crippen molar-refractivity contribution in [3.63, 3.8) is 0 Å². The quantitative estimate of drug-likeness (QED) is 0.287. The van der Waals surface area contributed by atoms with Crippen LogP contribution in [0.5, 0.6) is 0 Å². The molecule has 13 heavy (non-hydrogen) atoms. The predicted octanol–water partition coefficient (Wildman–Crippen LogP) is -3.96. The van der Waals surface area contributed by atoms with E-state index < -0.39 is 27.8 Å². The number of hydrogen-bond acceptors (Lipinski definition) is 5. The first-order chi connectivity index (χ1) is 5.37. The number of ketones is 1. The third-order valence-corrected chi connectivity index (χ3v) is 1.91. The van der Waals surface area contributed by atoms with Crippen LogP contribution < -0.4 is 29.6 Å². The van der Waals surface area contributed by atoms with Gasteiger partial charge >= 0.3 is 29.6 Å². The van der Waals surface area contributed by atoms with Gasteiger partial charge in [-0.1, -0.05) is 6.58 Å². The van der Waals surface area contributed by atoms with E-state index in [2.05, 4.69) is 6.58 Å². The maximum absolute atomic E-state index is 10.6. The van der Waals surface area contributed by atoms with Crippen molar-refractivity contribution >= 4 is 15.9 Å². The maximum atomic E-state index is 10.6. The minimum atomic E-state index is -4.36. The first kappa shape index (κ1) is 15.7. The van der Waals surface area contributed by atoms with E-state index in [0.29, 0.717) is 0 Å². The van der Waals surface area contributed by atoms with E-state index >= 15 is 0 Å². The molecule has 1 N–H and O–H groups in total. The molecule has 70 valence electrons. The van der Waals surface area contributed by atoms with Crippen LogP contribution in [0.1, 0.15) is 6.42 Å². The summed E-state index contributed by atoms with van der Waals surface area (Å²) in [6.45, 7) is 3.09. The molecule has 0 aliphatic carbocycles. The second-order valence-electron chi connectivity index (χ2n) is 2.17. The molecular weight excluding hydrogens is 207 g/mol. The van der Waals surface area contributed by atoms with Crippen LogP contribution in [0.25, 0.3) is 0 Å². The largest absolute Gasteiger partial charge is 1.00 e. The van der Waals surface area contributed by atoms with Gasteiger partial charge in [-0.05, 0) is 12.5 Å². The molecule has 0 aromatic carbocycles. The summed E-state index contributed by atoms with van der Waals surface area (Å²) in [6, 6.07) is 0. The van der Waals surface area contributed by atoms with Gasteiger partial charge in [0.15, 0.2) is 5.78 Å². The Balaban J connectivity index is 0. The second kappa shape index (κ2) is 6.69. The molecule has 0 rings (SSSR count). The number of hydrogen-bond donors (Lipinski definition) is 1. The molecule has 0 bridgehead atoms. The predicted molar refractivity (Wildman–Crippen MR) is 40.4 cm³/mol. The molecule has 0 fully saturated rings. The Hall–Kier alpha value is 0.280. The van der Waals surface area contributed by atoms with Crippen molar-refractivity contribution in [2.45, 2.75) is 12.5 Å².